The van der Waals surface area contributed by atoms with Gasteiger partial charge in [0.25, 0.3) is 0 Å². The molecule has 1 saturated heterocycles. The molecule has 0 bridgehead atoms. The number of rotatable bonds is 4. The van der Waals surface area contributed by atoms with Gasteiger partial charge in [-0.15, -0.1) is 0 Å². The van der Waals surface area contributed by atoms with Crippen LogP contribution in [0.4, 0.5) is 0 Å². The van der Waals surface area contributed by atoms with E-state index in [4.69, 9.17) is 16.3 Å². The topological polar surface area (TPSA) is 21.3 Å². The van der Waals surface area contributed by atoms with E-state index in [2.05, 4.69) is 24.4 Å². The van der Waals surface area contributed by atoms with Crippen LogP contribution >= 0.6 is 11.6 Å². The molecule has 0 amide bonds. The van der Waals surface area contributed by atoms with E-state index in [1.54, 1.807) is 7.11 Å². The Morgan fingerprint density at radius 2 is 2.28 bits per heavy atom. The molecule has 2 nitrogen and oxygen atoms in total. The second-order valence-corrected chi connectivity index (χ2v) is 5.44. The first kappa shape index (κ1) is 13.7. The van der Waals surface area contributed by atoms with Gasteiger partial charge in [0.1, 0.15) is 5.75 Å². The van der Waals surface area contributed by atoms with E-state index in [9.17, 15) is 0 Å². The van der Waals surface area contributed by atoms with Gasteiger partial charge in [-0.3, -0.25) is 0 Å². The van der Waals surface area contributed by atoms with Crippen molar-refractivity contribution in [3.05, 3.63) is 28.3 Å². The van der Waals surface area contributed by atoms with Gasteiger partial charge in [-0.05, 0) is 62.4 Å². The lowest BCUT2D eigenvalue weighted by atomic mass is 9.91. The molecule has 1 heterocycles. The van der Waals surface area contributed by atoms with Crippen LogP contribution in [0.1, 0.15) is 30.9 Å². The molecular formula is C15H22ClNO. The predicted octanol–water partition coefficient (Wildman–Crippen LogP) is 3.45. The van der Waals surface area contributed by atoms with Crippen LogP contribution in [0.25, 0.3) is 0 Å². The lowest BCUT2D eigenvalue weighted by molar-refractivity contribution is 0.374. The molecule has 0 radical (unpaired) electrons. The molecule has 18 heavy (non-hydrogen) atoms. The maximum Gasteiger partial charge on any atom is 0.123 e. The second kappa shape index (κ2) is 6.44. The SMILES string of the molecule is CCc1c(Cl)cc(CC2CCCNC2)cc1OC. The molecule has 2 rings (SSSR count). The lowest BCUT2D eigenvalue weighted by Crippen LogP contribution is -2.30. The quantitative estimate of drug-likeness (QED) is 0.902. The highest BCUT2D eigenvalue weighted by Crippen LogP contribution is 2.30. The van der Waals surface area contributed by atoms with Crippen molar-refractivity contribution < 1.29 is 4.74 Å². The van der Waals surface area contributed by atoms with Gasteiger partial charge >= 0.3 is 0 Å². The number of benzene rings is 1. The van der Waals surface area contributed by atoms with Crippen LogP contribution in [0, 0.1) is 5.92 Å². The molecule has 0 spiro atoms. The van der Waals surface area contributed by atoms with Gasteiger partial charge < -0.3 is 10.1 Å². The molecule has 1 aromatic rings. The van der Waals surface area contributed by atoms with Gasteiger partial charge in [-0.25, -0.2) is 0 Å². The Balaban J connectivity index is 2.15. The van der Waals surface area contributed by atoms with Gasteiger partial charge in [0.2, 0.25) is 0 Å². The normalized spacial score (nSPS) is 19.8. The molecule has 0 saturated carbocycles. The van der Waals surface area contributed by atoms with Crippen molar-refractivity contribution in [3.63, 3.8) is 0 Å². The average Bonchev–Trinajstić information content (AvgIpc) is 2.39. The standard InChI is InChI=1S/C15H22ClNO/c1-3-13-14(16)8-12(9-15(13)18-2)7-11-5-4-6-17-10-11/h8-9,11,17H,3-7,10H2,1-2H3. The Labute approximate surface area is 115 Å². The monoisotopic (exact) mass is 267 g/mol. The summed E-state index contributed by atoms with van der Waals surface area (Å²) >= 11 is 6.34. The highest BCUT2D eigenvalue weighted by atomic mass is 35.5. The third-order valence-electron chi connectivity index (χ3n) is 3.71. The molecule has 1 aromatic carbocycles. The van der Waals surface area contributed by atoms with Crippen LogP contribution in [-0.4, -0.2) is 20.2 Å². The summed E-state index contributed by atoms with van der Waals surface area (Å²) in [4.78, 5) is 0. The lowest BCUT2D eigenvalue weighted by Gasteiger charge is -2.23. The number of hydrogen-bond donors (Lipinski definition) is 1. The number of piperidine rings is 1. The van der Waals surface area contributed by atoms with Crippen LogP contribution in [0.15, 0.2) is 12.1 Å². The highest BCUT2D eigenvalue weighted by molar-refractivity contribution is 6.31. The van der Waals surface area contributed by atoms with Crippen molar-refractivity contribution in [3.8, 4) is 5.75 Å². The smallest absolute Gasteiger partial charge is 0.123 e. The largest absolute Gasteiger partial charge is 0.496 e. The van der Waals surface area contributed by atoms with E-state index in [1.165, 1.54) is 18.4 Å². The Kier molecular flexibility index (Phi) is 4.90. The number of ether oxygens (including phenoxy) is 1. The summed E-state index contributed by atoms with van der Waals surface area (Å²) < 4.78 is 5.45. The number of halogens is 1. The van der Waals surface area contributed by atoms with E-state index in [0.29, 0.717) is 0 Å². The molecule has 100 valence electrons. The van der Waals surface area contributed by atoms with Crippen LogP contribution in [0.3, 0.4) is 0 Å². The van der Waals surface area contributed by atoms with Crippen molar-refractivity contribution in [1.29, 1.82) is 0 Å². The first-order valence-electron chi connectivity index (χ1n) is 6.80. The third kappa shape index (κ3) is 3.18. The minimum atomic E-state index is 0.729. The first-order chi connectivity index (χ1) is 8.74. The molecule has 1 aliphatic rings. The zero-order valence-electron chi connectivity index (χ0n) is 11.3. The van der Waals surface area contributed by atoms with E-state index < -0.39 is 0 Å². The van der Waals surface area contributed by atoms with Crippen LogP contribution in [-0.2, 0) is 12.8 Å². The molecule has 1 fully saturated rings. The molecular weight excluding hydrogens is 246 g/mol. The number of methoxy groups -OCH3 is 1. The van der Waals surface area contributed by atoms with Crippen molar-refractivity contribution in [1.82, 2.24) is 5.32 Å². The zero-order valence-corrected chi connectivity index (χ0v) is 12.0. The Bertz CT molecular complexity index is 400. The highest BCUT2D eigenvalue weighted by Gasteiger charge is 2.15. The fourth-order valence-corrected chi connectivity index (χ4v) is 3.11. The van der Waals surface area contributed by atoms with Gasteiger partial charge in [-0.1, -0.05) is 18.5 Å². The number of nitrogens with one attached hydrogen (secondary N) is 1. The Morgan fingerprint density at radius 3 is 2.89 bits per heavy atom. The van der Waals surface area contributed by atoms with E-state index in [0.717, 1.165) is 48.2 Å². The fourth-order valence-electron chi connectivity index (χ4n) is 2.74. The summed E-state index contributed by atoms with van der Waals surface area (Å²) in [6, 6.07) is 4.26. The van der Waals surface area contributed by atoms with E-state index >= 15 is 0 Å². The van der Waals surface area contributed by atoms with Gasteiger partial charge in [0.15, 0.2) is 0 Å². The molecule has 0 aromatic heterocycles. The first-order valence-corrected chi connectivity index (χ1v) is 7.18. The Morgan fingerprint density at radius 1 is 1.44 bits per heavy atom. The Hall–Kier alpha value is -0.730. The molecule has 3 heteroatoms. The summed E-state index contributed by atoms with van der Waals surface area (Å²) in [6.45, 7) is 4.39. The maximum absolute atomic E-state index is 6.34. The maximum atomic E-state index is 6.34. The van der Waals surface area contributed by atoms with Crippen molar-refractivity contribution in [2.75, 3.05) is 20.2 Å². The average molecular weight is 268 g/mol. The number of hydrogen-bond acceptors (Lipinski definition) is 2. The summed E-state index contributed by atoms with van der Waals surface area (Å²) in [5, 5.41) is 4.30. The molecule has 1 unspecified atom stereocenters. The van der Waals surface area contributed by atoms with Crippen LogP contribution in [0.5, 0.6) is 5.75 Å². The van der Waals surface area contributed by atoms with Crippen LogP contribution < -0.4 is 10.1 Å². The summed E-state index contributed by atoms with van der Waals surface area (Å²) in [6.07, 6.45) is 4.59. The molecule has 0 aliphatic carbocycles. The van der Waals surface area contributed by atoms with Gasteiger partial charge in [0.05, 0.1) is 7.11 Å². The fraction of sp³-hybridized carbons (Fsp3) is 0.600. The zero-order chi connectivity index (χ0) is 13.0. The molecule has 1 aliphatic heterocycles. The summed E-state index contributed by atoms with van der Waals surface area (Å²) in [5.74, 6) is 1.66. The van der Waals surface area contributed by atoms with E-state index in [1.807, 2.05) is 0 Å². The molecule has 1 N–H and O–H groups in total. The summed E-state index contributed by atoms with van der Waals surface area (Å²) in [5.41, 5.74) is 2.41. The van der Waals surface area contributed by atoms with Crippen LogP contribution in [0.2, 0.25) is 5.02 Å². The van der Waals surface area contributed by atoms with Crippen molar-refractivity contribution >= 4 is 11.6 Å². The molecule has 1 atom stereocenters. The van der Waals surface area contributed by atoms with Gasteiger partial charge in [0, 0.05) is 10.6 Å². The van der Waals surface area contributed by atoms with Gasteiger partial charge in [-0.2, -0.15) is 0 Å². The third-order valence-corrected chi connectivity index (χ3v) is 4.05. The summed E-state index contributed by atoms with van der Waals surface area (Å²) in [7, 11) is 1.72. The van der Waals surface area contributed by atoms with E-state index in [-0.39, 0.29) is 0 Å². The minimum absolute atomic E-state index is 0.729. The minimum Gasteiger partial charge on any atom is -0.496 e. The predicted molar refractivity (Wildman–Crippen MR) is 76.7 cm³/mol. The van der Waals surface area contributed by atoms with Crippen molar-refractivity contribution in [2.24, 2.45) is 5.92 Å². The van der Waals surface area contributed by atoms with Crippen molar-refractivity contribution in [2.45, 2.75) is 32.6 Å². The second-order valence-electron chi connectivity index (χ2n) is 5.03.